The summed E-state index contributed by atoms with van der Waals surface area (Å²) < 4.78 is 5.70. The largest absolute Gasteiger partial charge is 0.489 e. The van der Waals surface area contributed by atoms with E-state index < -0.39 is 5.97 Å². The molecule has 0 spiro atoms. The first-order valence-corrected chi connectivity index (χ1v) is 6.57. The lowest BCUT2D eigenvalue weighted by Gasteiger charge is -2.12. The number of ether oxygens (including phenoxy) is 1. The standard InChI is InChI=1S/C16H15ClO3/c1-10-7-11(2)15(8-14(10)17)20-9-12-5-3-4-6-13(12)16(18)19/h3-8H,9H2,1-2H3,(H,18,19). The van der Waals surface area contributed by atoms with Gasteiger partial charge in [0.25, 0.3) is 0 Å². The van der Waals surface area contributed by atoms with E-state index in [1.165, 1.54) is 0 Å². The topological polar surface area (TPSA) is 46.5 Å². The molecule has 0 unspecified atom stereocenters. The van der Waals surface area contributed by atoms with Crippen LogP contribution in [0.4, 0.5) is 0 Å². The van der Waals surface area contributed by atoms with Gasteiger partial charge in [-0.25, -0.2) is 4.79 Å². The van der Waals surface area contributed by atoms with Crippen molar-refractivity contribution in [2.75, 3.05) is 0 Å². The SMILES string of the molecule is Cc1cc(C)c(OCc2ccccc2C(=O)O)cc1Cl. The van der Waals surface area contributed by atoms with Crippen molar-refractivity contribution in [2.24, 2.45) is 0 Å². The Balaban J connectivity index is 2.21. The first-order valence-electron chi connectivity index (χ1n) is 6.20. The molecule has 0 heterocycles. The summed E-state index contributed by atoms with van der Waals surface area (Å²) in [5.74, 6) is -0.288. The molecule has 0 radical (unpaired) electrons. The molecule has 104 valence electrons. The van der Waals surface area contributed by atoms with Gasteiger partial charge in [0.2, 0.25) is 0 Å². The highest BCUT2D eigenvalue weighted by Crippen LogP contribution is 2.27. The molecule has 0 saturated heterocycles. The minimum absolute atomic E-state index is 0.197. The fourth-order valence-electron chi connectivity index (χ4n) is 1.97. The van der Waals surface area contributed by atoms with Crippen LogP contribution in [-0.2, 0) is 6.61 Å². The van der Waals surface area contributed by atoms with Crippen LogP contribution in [-0.4, -0.2) is 11.1 Å². The Bertz CT molecular complexity index is 650. The molecule has 4 heteroatoms. The van der Waals surface area contributed by atoms with Crippen molar-refractivity contribution in [1.82, 2.24) is 0 Å². The second-order valence-corrected chi connectivity index (χ2v) is 5.03. The normalized spacial score (nSPS) is 10.3. The van der Waals surface area contributed by atoms with Gasteiger partial charge < -0.3 is 9.84 Å². The van der Waals surface area contributed by atoms with E-state index in [4.69, 9.17) is 21.4 Å². The molecule has 3 nitrogen and oxygen atoms in total. The summed E-state index contributed by atoms with van der Waals surface area (Å²) in [6, 6.07) is 10.5. The molecule has 0 bridgehead atoms. The molecular formula is C16H15ClO3. The van der Waals surface area contributed by atoms with Gasteiger partial charge in [-0.1, -0.05) is 35.9 Å². The number of halogens is 1. The van der Waals surface area contributed by atoms with Crippen LogP contribution < -0.4 is 4.74 Å². The van der Waals surface area contributed by atoms with Gasteiger partial charge in [-0.15, -0.1) is 0 Å². The highest BCUT2D eigenvalue weighted by Gasteiger charge is 2.10. The van der Waals surface area contributed by atoms with Crippen LogP contribution in [0, 0.1) is 13.8 Å². The average molecular weight is 291 g/mol. The summed E-state index contributed by atoms with van der Waals surface area (Å²) in [6.45, 7) is 4.06. The van der Waals surface area contributed by atoms with Gasteiger partial charge >= 0.3 is 5.97 Å². The van der Waals surface area contributed by atoms with Crippen LogP contribution in [0.25, 0.3) is 0 Å². The van der Waals surface area contributed by atoms with Crippen molar-refractivity contribution in [3.63, 3.8) is 0 Å². The first kappa shape index (κ1) is 14.4. The quantitative estimate of drug-likeness (QED) is 0.916. The fourth-order valence-corrected chi connectivity index (χ4v) is 2.13. The summed E-state index contributed by atoms with van der Waals surface area (Å²) in [4.78, 5) is 11.1. The zero-order valence-electron chi connectivity index (χ0n) is 11.3. The molecule has 0 aliphatic carbocycles. The molecule has 2 aromatic carbocycles. The molecule has 0 aliphatic heterocycles. The van der Waals surface area contributed by atoms with Gasteiger partial charge in [0.05, 0.1) is 5.56 Å². The Labute approximate surface area is 122 Å². The van der Waals surface area contributed by atoms with Crippen molar-refractivity contribution < 1.29 is 14.6 Å². The second-order valence-electron chi connectivity index (χ2n) is 4.62. The molecule has 0 aliphatic rings. The molecule has 1 N–H and O–H groups in total. The van der Waals surface area contributed by atoms with Gasteiger partial charge in [-0.3, -0.25) is 0 Å². The number of carbonyl (C=O) groups is 1. The number of hydrogen-bond donors (Lipinski definition) is 1. The van der Waals surface area contributed by atoms with E-state index in [9.17, 15) is 4.79 Å². The van der Waals surface area contributed by atoms with Crippen molar-refractivity contribution in [1.29, 1.82) is 0 Å². The van der Waals surface area contributed by atoms with E-state index in [0.717, 1.165) is 11.1 Å². The first-order chi connectivity index (χ1) is 9.49. The molecule has 0 aromatic heterocycles. The lowest BCUT2D eigenvalue weighted by Crippen LogP contribution is -2.05. The Morgan fingerprint density at radius 1 is 1.20 bits per heavy atom. The molecule has 0 fully saturated rings. The Hall–Kier alpha value is -2.00. The van der Waals surface area contributed by atoms with Crippen molar-refractivity contribution in [3.8, 4) is 5.75 Å². The third kappa shape index (κ3) is 3.11. The van der Waals surface area contributed by atoms with Crippen LogP contribution in [0.1, 0.15) is 27.0 Å². The smallest absolute Gasteiger partial charge is 0.336 e. The van der Waals surface area contributed by atoms with Crippen LogP contribution >= 0.6 is 11.6 Å². The summed E-state index contributed by atoms with van der Waals surface area (Å²) in [6.07, 6.45) is 0. The summed E-state index contributed by atoms with van der Waals surface area (Å²) in [5, 5.41) is 9.76. The second kappa shape index (κ2) is 5.97. The van der Waals surface area contributed by atoms with Gasteiger partial charge in [0.1, 0.15) is 12.4 Å². The van der Waals surface area contributed by atoms with E-state index >= 15 is 0 Å². The zero-order chi connectivity index (χ0) is 14.7. The summed E-state index contributed by atoms with van der Waals surface area (Å²) in [7, 11) is 0. The van der Waals surface area contributed by atoms with Gasteiger partial charge in [-0.05, 0) is 37.1 Å². The molecule has 0 saturated carbocycles. The minimum Gasteiger partial charge on any atom is -0.489 e. The van der Waals surface area contributed by atoms with E-state index in [-0.39, 0.29) is 12.2 Å². The number of aromatic carboxylic acids is 1. The van der Waals surface area contributed by atoms with Gasteiger partial charge in [-0.2, -0.15) is 0 Å². The number of carboxylic acid groups (broad SMARTS) is 1. The lowest BCUT2D eigenvalue weighted by atomic mass is 10.1. The van der Waals surface area contributed by atoms with Crippen molar-refractivity contribution in [3.05, 3.63) is 63.7 Å². The summed E-state index contributed by atoms with van der Waals surface area (Å²) >= 11 is 6.08. The number of carboxylic acids is 1. The van der Waals surface area contributed by atoms with E-state index in [2.05, 4.69) is 0 Å². The maximum atomic E-state index is 11.1. The average Bonchev–Trinajstić information content (AvgIpc) is 2.41. The summed E-state index contributed by atoms with van der Waals surface area (Å²) in [5.41, 5.74) is 2.85. The van der Waals surface area contributed by atoms with Crippen molar-refractivity contribution >= 4 is 17.6 Å². The number of aryl methyl sites for hydroxylation is 2. The monoisotopic (exact) mass is 290 g/mol. The molecule has 0 atom stereocenters. The van der Waals surface area contributed by atoms with Gasteiger partial charge in [0.15, 0.2) is 0 Å². The Morgan fingerprint density at radius 3 is 2.60 bits per heavy atom. The number of rotatable bonds is 4. The van der Waals surface area contributed by atoms with Crippen LogP contribution in [0.2, 0.25) is 5.02 Å². The highest BCUT2D eigenvalue weighted by atomic mass is 35.5. The van der Waals surface area contributed by atoms with E-state index in [1.807, 2.05) is 19.9 Å². The molecule has 20 heavy (non-hydrogen) atoms. The fraction of sp³-hybridized carbons (Fsp3) is 0.188. The lowest BCUT2D eigenvalue weighted by molar-refractivity contribution is 0.0694. The highest BCUT2D eigenvalue weighted by molar-refractivity contribution is 6.31. The third-order valence-corrected chi connectivity index (χ3v) is 3.49. The maximum absolute atomic E-state index is 11.1. The van der Waals surface area contributed by atoms with Crippen LogP contribution in [0.15, 0.2) is 36.4 Å². The Morgan fingerprint density at radius 2 is 1.90 bits per heavy atom. The maximum Gasteiger partial charge on any atom is 0.336 e. The molecule has 2 rings (SSSR count). The molecule has 0 amide bonds. The predicted octanol–water partition coefficient (Wildman–Crippen LogP) is 4.23. The van der Waals surface area contributed by atoms with Gasteiger partial charge in [0, 0.05) is 10.6 Å². The number of benzene rings is 2. The van der Waals surface area contributed by atoms with Crippen LogP contribution in [0.5, 0.6) is 5.75 Å². The Kier molecular flexibility index (Phi) is 4.30. The number of hydrogen-bond acceptors (Lipinski definition) is 2. The van der Waals surface area contributed by atoms with Crippen molar-refractivity contribution in [2.45, 2.75) is 20.5 Å². The predicted molar refractivity (Wildman–Crippen MR) is 78.7 cm³/mol. The minimum atomic E-state index is -0.956. The van der Waals surface area contributed by atoms with Crippen LogP contribution in [0.3, 0.4) is 0 Å². The molecular weight excluding hydrogens is 276 g/mol. The van der Waals surface area contributed by atoms with E-state index in [0.29, 0.717) is 16.3 Å². The third-order valence-electron chi connectivity index (χ3n) is 3.09. The zero-order valence-corrected chi connectivity index (χ0v) is 12.1. The molecule has 2 aromatic rings. The van der Waals surface area contributed by atoms with E-state index in [1.54, 1.807) is 30.3 Å².